The van der Waals surface area contributed by atoms with Crippen molar-refractivity contribution in [3.8, 4) is 0 Å². The number of hydrogen-bond acceptors (Lipinski definition) is 4. The van der Waals surface area contributed by atoms with Crippen LogP contribution in [0.5, 0.6) is 0 Å². The molecule has 6 nitrogen and oxygen atoms in total. The van der Waals surface area contributed by atoms with Crippen molar-refractivity contribution in [3.63, 3.8) is 0 Å². The lowest BCUT2D eigenvalue weighted by atomic mass is 10.1. The molecule has 0 fully saturated rings. The van der Waals surface area contributed by atoms with Gasteiger partial charge in [-0.25, -0.2) is 9.52 Å². The molecule has 0 aliphatic carbocycles. The highest BCUT2D eigenvalue weighted by atomic mass is 79.9. The van der Waals surface area contributed by atoms with Gasteiger partial charge in [-0.05, 0) is 52.2 Å². The first-order valence-corrected chi connectivity index (χ1v) is 8.06. The number of carbonyl (C=O) groups excluding carboxylic acids is 1. The Kier molecular flexibility index (Phi) is 3.30. The van der Waals surface area contributed by atoms with Crippen LogP contribution >= 0.6 is 15.9 Å². The van der Waals surface area contributed by atoms with Gasteiger partial charge in [-0.3, -0.25) is 14.8 Å². The molecule has 1 aliphatic heterocycles. The monoisotopic (exact) mass is 371 g/mol. The van der Waals surface area contributed by atoms with E-state index in [1.54, 1.807) is 28.0 Å². The van der Waals surface area contributed by atoms with Crippen LogP contribution in [0, 0.1) is 0 Å². The van der Waals surface area contributed by atoms with Crippen LogP contribution in [0.2, 0.25) is 0 Å². The molecule has 4 heterocycles. The zero-order valence-corrected chi connectivity index (χ0v) is 14.1. The van der Waals surface area contributed by atoms with Crippen LogP contribution in [0.1, 0.15) is 16.1 Å². The fraction of sp³-hybridized carbons (Fsp3) is 0.188. The molecule has 3 aromatic rings. The third kappa shape index (κ3) is 2.37. The number of amides is 1. The van der Waals surface area contributed by atoms with Gasteiger partial charge in [0.05, 0.1) is 17.4 Å². The molecule has 116 valence electrons. The second kappa shape index (κ2) is 5.34. The van der Waals surface area contributed by atoms with E-state index < -0.39 is 0 Å². The van der Waals surface area contributed by atoms with Gasteiger partial charge in [0.2, 0.25) is 0 Å². The number of pyridine rings is 2. The first-order valence-electron chi connectivity index (χ1n) is 7.27. The minimum atomic E-state index is -0.109. The number of hydrogen-bond donors (Lipinski definition) is 0. The molecule has 0 radical (unpaired) electrons. The van der Waals surface area contributed by atoms with E-state index in [-0.39, 0.29) is 5.91 Å². The van der Waals surface area contributed by atoms with E-state index in [1.807, 2.05) is 36.5 Å². The summed E-state index contributed by atoms with van der Waals surface area (Å²) in [5.74, 6) is -0.109. The Balaban J connectivity index is 1.68. The normalized spacial score (nSPS) is 14.2. The summed E-state index contributed by atoms with van der Waals surface area (Å²) in [6, 6.07) is 7.66. The Bertz CT molecular complexity index is 906. The van der Waals surface area contributed by atoms with Gasteiger partial charge >= 0.3 is 0 Å². The highest BCUT2D eigenvalue weighted by Gasteiger charge is 2.27. The Morgan fingerprint density at radius 3 is 3.04 bits per heavy atom. The number of halogens is 1. The van der Waals surface area contributed by atoms with Gasteiger partial charge in [-0.1, -0.05) is 0 Å². The highest BCUT2D eigenvalue weighted by Crippen LogP contribution is 2.26. The molecule has 1 amide bonds. The molecule has 0 N–H and O–H groups in total. The van der Waals surface area contributed by atoms with Gasteiger partial charge in [0, 0.05) is 30.5 Å². The number of anilines is 1. The molecule has 1 aliphatic rings. The maximum Gasteiger partial charge on any atom is 0.292 e. The molecule has 0 unspecified atom stereocenters. The zero-order chi connectivity index (χ0) is 16.0. The molecule has 4 rings (SSSR count). The van der Waals surface area contributed by atoms with Crippen molar-refractivity contribution in [2.24, 2.45) is 0 Å². The molecule has 7 heteroatoms. The second-order valence-corrected chi connectivity index (χ2v) is 6.37. The van der Waals surface area contributed by atoms with E-state index in [4.69, 9.17) is 0 Å². The summed E-state index contributed by atoms with van der Waals surface area (Å²) in [6.07, 6.45) is 6.22. The lowest BCUT2D eigenvalue weighted by Crippen LogP contribution is -2.48. The first-order chi connectivity index (χ1) is 11.1. The maximum absolute atomic E-state index is 12.9. The van der Waals surface area contributed by atoms with E-state index in [9.17, 15) is 4.79 Å². The molecule has 0 spiro atoms. The van der Waals surface area contributed by atoms with E-state index in [0.29, 0.717) is 12.2 Å². The van der Waals surface area contributed by atoms with E-state index in [1.165, 1.54) is 5.56 Å². The number of carbonyl (C=O) groups is 1. The molecule has 0 atom stereocenters. The van der Waals surface area contributed by atoms with Crippen molar-refractivity contribution in [3.05, 3.63) is 58.6 Å². The summed E-state index contributed by atoms with van der Waals surface area (Å²) in [4.78, 5) is 17.0. The molecule has 23 heavy (non-hydrogen) atoms. The van der Waals surface area contributed by atoms with Gasteiger partial charge in [0.25, 0.3) is 5.91 Å². The van der Waals surface area contributed by atoms with Crippen molar-refractivity contribution in [1.29, 1.82) is 0 Å². The number of aromatic nitrogens is 3. The highest BCUT2D eigenvalue weighted by molar-refractivity contribution is 9.10. The van der Waals surface area contributed by atoms with Crippen LogP contribution in [-0.4, -0.2) is 39.1 Å². The average molecular weight is 372 g/mol. The Morgan fingerprint density at radius 1 is 1.30 bits per heavy atom. The van der Waals surface area contributed by atoms with Gasteiger partial charge in [-0.15, -0.1) is 0 Å². The first kappa shape index (κ1) is 14.2. The fourth-order valence-electron chi connectivity index (χ4n) is 2.86. The Morgan fingerprint density at radius 2 is 2.17 bits per heavy atom. The van der Waals surface area contributed by atoms with Crippen LogP contribution in [0.25, 0.3) is 5.52 Å². The number of nitrogens with zero attached hydrogens (tertiary/aromatic N) is 5. The van der Waals surface area contributed by atoms with Crippen molar-refractivity contribution >= 4 is 33.0 Å². The van der Waals surface area contributed by atoms with Crippen LogP contribution in [0.15, 0.2) is 47.3 Å². The van der Waals surface area contributed by atoms with Crippen molar-refractivity contribution in [2.75, 3.05) is 18.6 Å². The lowest BCUT2D eigenvalue weighted by Gasteiger charge is -2.37. The van der Waals surface area contributed by atoms with Crippen molar-refractivity contribution in [1.82, 2.24) is 19.6 Å². The summed E-state index contributed by atoms with van der Waals surface area (Å²) < 4.78 is 2.62. The largest absolute Gasteiger partial charge is 0.292 e. The summed E-state index contributed by atoms with van der Waals surface area (Å²) in [5, 5.41) is 7.96. The predicted molar refractivity (Wildman–Crippen MR) is 90.3 cm³/mol. The van der Waals surface area contributed by atoms with Crippen molar-refractivity contribution < 1.29 is 4.79 Å². The zero-order valence-electron chi connectivity index (χ0n) is 12.5. The SMILES string of the molecule is CN1c2cnccc2CCN1C(=O)c1cc2ccc(Br)cn2n1. The van der Waals surface area contributed by atoms with Gasteiger partial charge < -0.3 is 0 Å². The summed E-state index contributed by atoms with van der Waals surface area (Å²) >= 11 is 3.41. The number of fused-ring (bicyclic) bond motifs is 2. The third-order valence-corrected chi connectivity index (χ3v) is 4.54. The van der Waals surface area contributed by atoms with Crippen molar-refractivity contribution in [2.45, 2.75) is 6.42 Å². The maximum atomic E-state index is 12.9. The van der Waals surface area contributed by atoms with E-state index in [2.05, 4.69) is 26.0 Å². The molecule has 0 saturated heterocycles. The summed E-state index contributed by atoms with van der Waals surface area (Å²) in [7, 11) is 1.88. The molecular weight excluding hydrogens is 358 g/mol. The number of rotatable bonds is 1. The van der Waals surface area contributed by atoms with E-state index >= 15 is 0 Å². The topological polar surface area (TPSA) is 53.7 Å². The predicted octanol–water partition coefficient (Wildman–Crippen LogP) is 2.54. The molecule has 3 aromatic heterocycles. The van der Waals surface area contributed by atoms with Gasteiger partial charge in [-0.2, -0.15) is 5.10 Å². The standard InChI is InChI=1S/C16H14BrN5O/c1-20-15-9-18-6-4-11(15)5-7-22(20)16(23)14-8-13-3-2-12(17)10-21(13)19-14/h2-4,6,8-10H,5,7H2,1H3. The number of hydrazine groups is 1. The molecule has 0 bridgehead atoms. The molecule has 0 aromatic carbocycles. The van der Waals surface area contributed by atoms with Gasteiger partial charge in [0.1, 0.15) is 0 Å². The molecular formula is C16H14BrN5O. The van der Waals surface area contributed by atoms with Crippen LogP contribution in [0.4, 0.5) is 5.69 Å². The van der Waals surface area contributed by atoms with Gasteiger partial charge in [0.15, 0.2) is 5.69 Å². The quantitative estimate of drug-likeness (QED) is 0.659. The van der Waals surface area contributed by atoms with Crippen LogP contribution < -0.4 is 5.01 Å². The second-order valence-electron chi connectivity index (χ2n) is 5.45. The Labute approximate surface area is 141 Å². The summed E-state index contributed by atoms with van der Waals surface area (Å²) in [6.45, 7) is 0.629. The molecule has 0 saturated carbocycles. The third-order valence-electron chi connectivity index (χ3n) is 4.07. The minimum absolute atomic E-state index is 0.109. The average Bonchev–Trinajstić information content (AvgIpc) is 2.98. The Hall–Kier alpha value is -2.41. The smallest absolute Gasteiger partial charge is 0.284 e. The fourth-order valence-corrected chi connectivity index (χ4v) is 3.19. The lowest BCUT2D eigenvalue weighted by molar-refractivity contribution is 0.0732. The van der Waals surface area contributed by atoms with E-state index in [0.717, 1.165) is 22.1 Å². The minimum Gasteiger partial charge on any atom is -0.284 e. The van der Waals surface area contributed by atoms with Crippen LogP contribution in [-0.2, 0) is 6.42 Å². The van der Waals surface area contributed by atoms with Crippen LogP contribution in [0.3, 0.4) is 0 Å². The summed E-state index contributed by atoms with van der Waals surface area (Å²) in [5.41, 5.74) is 3.48.